The Morgan fingerprint density at radius 2 is 2.10 bits per heavy atom. The summed E-state index contributed by atoms with van der Waals surface area (Å²) in [5, 5.41) is 10.7. The van der Waals surface area contributed by atoms with E-state index in [1.54, 1.807) is 11.8 Å². The standard InChI is InChI=1S/C22H30N4O3/c1-26-14-16(11-25-26)18-12-23-13-19(18)22(27)24-10-15-7-8-20(28-2)21(9-15)29-17-5-3-4-6-17/h7-9,11,14,17-19,23H,3-6,10,12-13H2,1-2H3,(H,24,27)/t18-,19+/m1/s1. The van der Waals surface area contributed by atoms with Crippen LogP contribution in [0.15, 0.2) is 30.6 Å². The van der Waals surface area contributed by atoms with Gasteiger partial charge in [-0.05, 0) is 48.9 Å². The van der Waals surface area contributed by atoms with Gasteiger partial charge in [0.25, 0.3) is 0 Å². The predicted octanol–water partition coefficient (Wildman–Crippen LogP) is 2.37. The van der Waals surface area contributed by atoms with Crippen molar-refractivity contribution in [1.82, 2.24) is 20.4 Å². The normalized spacial score (nSPS) is 22.0. The van der Waals surface area contributed by atoms with Gasteiger partial charge in [0, 0.05) is 38.8 Å². The number of ether oxygens (including phenoxy) is 2. The van der Waals surface area contributed by atoms with Gasteiger partial charge in [0.1, 0.15) is 0 Å². The molecule has 2 atom stereocenters. The molecule has 0 bridgehead atoms. The van der Waals surface area contributed by atoms with E-state index >= 15 is 0 Å². The lowest BCUT2D eigenvalue weighted by Crippen LogP contribution is -2.34. The van der Waals surface area contributed by atoms with Gasteiger partial charge in [0.2, 0.25) is 5.91 Å². The average molecular weight is 399 g/mol. The summed E-state index contributed by atoms with van der Waals surface area (Å²) in [5.41, 5.74) is 2.12. The van der Waals surface area contributed by atoms with Crippen LogP contribution in [0.25, 0.3) is 0 Å². The van der Waals surface area contributed by atoms with E-state index in [1.165, 1.54) is 12.8 Å². The number of hydrogen-bond donors (Lipinski definition) is 2. The summed E-state index contributed by atoms with van der Waals surface area (Å²) in [5.74, 6) is 1.64. The van der Waals surface area contributed by atoms with Gasteiger partial charge in [-0.3, -0.25) is 9.48 Å². The number of nitrogens with one attached hydrogen (secondary N) is 2. The van der Waals surface area contributed by atoms with Crippen LogP contribution in [0.5, 0.6) is 11.5 Å². The Morgan fingerprint density at radius 1 is 1.28 bits per heavy atom. The quantitative estimate of drug-likeness (QED) is 0.749. The van der Waals surface area contributed by atoms with Gasteiger partial charge in [-0.15, -0.1) is 0 Å². The molecule has 2 fully saturated rings. The van der Waals surface area contributed by atoms with Crippen molar-refractivity contribution in [3.05, 3.63) is 41.7 Å². The van der Waals surface area contributed by atoms with Crippen LogP contribution in [0.1, 0.15) is 42.7 Å². The Hall–Kier alpha value is -2.54. The molecule has 1 aliphatic carbocycles. The lowest BCUT2D eigenvalue weighted by molar-refractivity contribution is -0.125. The zero-order valence-electron chi connectivity index (χ0n) is 17.2. The summed E-state index contributed by atoms with van der Waals surface area (Å²) in [7, 11) is 3.56. The summed E-state index contributed by atoms with van der Waals surface area (Å²) in [6, 6.07) is 5.89. The first-order valence-electron chi connectivity index (χ1n) is 10.4. The summed E-state index contributed by atoms with van der Waals surface area (Å²) in [6.45, 7) is 1.95. The minimum Gasteiger partial charge on any atom is -0.493 e. The molecule has 7 nitrogen and oxygen atoms in total. The second-order valence-electron chi connectivity index (χ2n) is 8.05. The molecule has 1 aliphatic heterocycles. The van der Waals surface area contributed by atoms with E-state index in [-0.39, 0.29) is 23.8 Å². The lowest BCUT2D eigenvalue weighted by Gasteiger charge is -2.19. The Balaban J connectivity index is 1.39. The van der Waals surface area contributed by atoms with Crippen LogP contribution in [-0.4, -0.2) is 42.0 Å². The molecule has 1 saturated heterocycles. The van der Waals surface area contributed by atoms with Gasteiger partial charge in [0.15, 0.2) is 11.5 Å². The third-order valence-electron chi connectivity index (χ3n) is 5.99. The molecule has 1 saturated carbocycles. The Labute approximate surface area is 171 Å². The molecule has 0 unspecified atom stereocenters. The van der Waals surface area contributed by atoms with Crippen molar-refractivity contribution in [3.8, 4) is 11.5 Å². The van der Waals surface area contributed by atoms with Crippen molar-refractivity contribution in [1.29, 1.82) is 0 Å². The van der Waals surface area contributed by atoms with Crippen LogP contribution in [-0.2, 0) is 18.4 Å². The molecule has 156 valence electrons. The maximum Gasteiger partial charge on any atom is 0.225 e. The summed E-state index contributed by atoms with van der Waals surface area (Å²) in [6.07, 6.45) is 8.73. The van der Waals surface area contributed by atoms with E-state index < -0.39 is 0 Å². The number of hydrogen-bond acceptors (Lipinski definition) is 5. The second kappa shape index (κ2) is 8.86. The van der Waals surface area contributed by atoms with Gasteiger partial charge in [-0.25, -0.2) is 0 Å². The molecular weight excluding hydrogens is 368 g/mol. The maximum atomic E-state index is 12.9. The SMILES string of the molecule is COc1ccc(CNC(=O)[C@H]2CNC[C@@H]2c2cnn(C)c2)cc1OC1CCCC1. The van der Waals surface area contributed by atoms with E-state index in [9.17, 15) is 4.79 Å². The number of amides is 1. The van der Waals surface area contributed by atoms with Gasteiger partial charge >= 0.3 is 0 Å². The summed E-state index contributed by atoms with van der Waals surface area (Å²) < 4.78 is 13.4. The van der Waals surface area contributed by atoms with Gasteiger partial charge in [-0.2, -0.15) is 5.10 Å². The van der Waals surface area contributed by atoms with Crippen LogP contribution < -0.4 is 20.1 Å². The molecule has 1 amide bonds. The molecule has 0 radical (unpaired) electrons. The predicted molar refractivity (Wildman–Crippen MR) is 110 cm³/mol. The van der Waals surface area contributed by atoms with E-state index in [2.05, 4.69) is 15.7 Å². The topological polar surface area (TPSA) is 77.4 Å². The minimum atomic E-state index is -0.0911. The number of methoxy groups -OCH3 is 1. The molecule has 7 heteroatoms. The molecule has 2 aromatic rings. The van der Waals surface area contributed by atoms with Crippen LogP contribution in [0.4, 0.5) is 0 Å². The van der Waals surface area contributed by atoms with Gasteiger partial charge in [0.05, 0.1) is 25.3 Å². The van der Waals surface area contributed by atoms with Crippen molar-refractivity contribution in [2.75, 3.05) is 20.2 Å². The van der Waals surface area contributed by atoms with Crippen LogP contribution in [0.3, 0.4) is 0 Å². The molecule has 4 rings (SSSR count). The van der Waals surface area contributed by atoms with Crippen LogP contribution >= 0.6 is 0 Å². The number of carbonyl (C=O) groups excluding carboxylic acids is 1. The first-order chi connectivity index (χ1) is 14.1. The van der Waals surface area contributed by atoms with Crippen molar-refractivity contribution in [2.24, 2.45) is 13.0 Å². The zero-order valence-corrected chi connectivity index (χ0v) is 17.2. The van der Waals surface area contributed by atoms with Crippen LogP contribution in [0.2, 0.25) is 0 Å². The molecule has 2 aliphatic rings. The molecule has 29 heavy (non-hydrogen) atoms. The van der Waals surface area contributed by atoms with Gasteiger partial charge in [-0.1, -0.05) is 6.07 Å². The smallest absolute Gasteiger partial charge is 0.225 e. The third-order valence-corrected chi connectivity index (χ3v) is 5.99. The van der Waals surface area contributed by atoms with E-state index in [4.69, 9.17) is 9.47 Å². The number of benzene rings is 1. The minimum absolute atomic E-state index is 0.0675. The molecule has 1 aromatic heterocycles. The number of nitrogens with zero attached hydrogens (tertiary/aromatic N) is 2. The Morgan fingerprint density at radius 3 is 2.83 bits per heavy atom. The zero-order chi connectivity index (χ0) is 20.2. The Kier molecular flexibility index (Phi) is 6.04. The first-order valence-corrected chi connectivity index (χ1v) is 10.4. The highest BCUT2D eigenvalue weighted by atomic mass is 16.5. The number of carbonyl (C=O) groups is 1. The fraction of sp³-hybridized carbons (Fsp3) is 0.545. The highest BCUT2D eigenvalue weighted by Crippen LogP contribution is 2.33. The maximum absolute atomic E-state index is 12.9. The molecule has 2 N–H and O–H groups in total. The third kappa shape index (κ3) is 4.56. The van der Waals surface area contributed by atoms with E-state index in [0.717, 1.165) is 42.0 Å². The first kappa shape index (κ1) is 19.8. The van der Waals surface area contributed by atoms with E-state index in [1.807, 2.05) is 37.6 Å². The van der Waals surface area contributed by atoms with Gasteiger partial charge < -0.3 is 20.1 Å². The van der Waals surface area contributed by atoms with Crippen molar-refractivity contribution in [3.63, 3.8) is 0 Å². The van der Waals surface area contributed by atoms with Crippen molar-refractivity contribution < 1.29 is 14.3 Å². The number of rotatable bonds is 7. The van der Waals surface area contributed by atoms with Crippen molar-refractivity contribution >= 4 is 5.91 Å². The largest absolute Gasteiger partial charge is 0.493 e. The molecule has 1 aromatic carbocycles. The summed E-state index contributed by atoms with van der Waals surface area (Å²) in [4.78, 5) is 12.9. The fourth-order valence-corrected chi connectivity index (χ4v) is 4.37. The highest BCUT2D eigenvalue weighted by Gasteiger charge is 2.34. The molecular formula is C22H30N4O3. The second-order valence-corrected chi connectivity index (χ2v) is 8.05. The highest BCUT2D eigenvalue weighted by molar-refractivity contribution is 5.80. The molecule has 0 spiro atoms. The number of aryl methyl sites for hydroxylation is 1. The fourth-order valence-electron chi connectivity index (χ4n) is 4.37. The van der Waals surface area contributed by atoms with Crippen LogP contribution in [0, 0.1) is 5.92 Å². The monoisotopic (exact) mass is 398 g/mol. The van der Waals surface area contributed by atoms with E-state index in [0.29, 0.717) is 13.1 Å². The Bertz CT molecular complexity index is 844. The average Bonchev–Trinajstić information content (AvgIpc) is 3.48. The molecule has 2 heterocycles. The lowest BCUT2D eigenvalue weighted by atomic mass is 9.90. The number of aromatic nitrogens is 2. The summed E-state index contributed by atoms with van der Waals surface area (Å²) >= 11 is 0. The van der Waals surface area contributed by atoms with Crippen molar-refractivity contribution in [2.45, 2.75) is 44.2 Å².